The second-order valence-electron chi connectivity index (χ2n) is 3.50. The lowest BCUT2D eigenvalue weighted by Gasteiger charge is -2.10. The smallest absolute Gasteiger partial charge is 0.125 e. The van der Waals surface area contributed by atoms with Crippen molar-refractivity contribution in [3.05, 3.63) is 52.5 Å². The van der Waals surface area contributed by atoms with Gasteiger partial charge in [-0.2, -0.15) is 5.26 Å². The van der Waals surface area contributed by atoms with E-state index in [1.54, 1.807) is 0 Å². The van der Waals surface area contributed by atoms with E-state index in [2.05, 4.69) is 27.8 Å². The highest BCUT2D eigenvalue weighted by molar-refractivity contribution is 9.10. The molecule has 0 saturated heterocycles. The summed E-state index contributed by atoms with van der Waals surface area (Å²) in [5.74, 6) is -0.554. The Bertz CT molecular complexity index is 593. The van der Waals surface area contributed by atoms with Crippen LogP contribution in [0.4, 0.5) is 10.1 Å². The highest BCUT2D eigenvalue weighted by Crippen LogP contribution is 2.24. The number of benzene rings is 1. The quantitative estimate of drug-likeness (QED) is 0.283. The van der Waals surface area contributed by atoms with Gasteiger partial charge in [0.2, 0.25) is 0 Å². The third kappa shape index (κ3) is 4.16. The zero-order valence-corrected chi connectivity index (χ0v) is 12.2. The summed E-state index contributed by atoms with van der Waals surface area (Å²) in [6, 6.07) is 5.83. The molecule has 19 heavy (non-hydrogen) atoms. The van der Waals surface area contributed by atoms with Gasteiger partial charge in [0.25, 0.3) is 0 Å². The summed E-state index contributed by atoms with van der Waals surface area (Å²) < 4.78 is 13.4. The zero-order valence-electron chi connectivity index (χ0n) is 9.78. The van der Waals surface area contributed by atoms with E-state index in [9.17, 15) is 9.50 Å². The molecule has 3 nitrogen and oxygen atoms in total. The zero-order chi connectivity index (χ0) is 14.4. The van der Waals surface area contributed by atoms with Gasteiger partial charge in [-0.3, -0.25) is 0 Å². The van der Waals surface area contributed by atoms with E-state index in [1.165, 1.54) is 24.3 Å². The molecule has 0 amide bonds. The van der Waals surface area contributed by atoms with Gasteiger partial charge in [-0.15, -0.1) is 6.58 Å². The minimum absolute atomic E-state index is 0.0360. The van der Waals surface area contributed by atoms with Crippen molar-refractivity contribution in [1.29, 1.82) is 5.26 Å². The molecule has 0 aromatic heterocycles. The van der Waals surface area contributed by atoms with Gasteiger partial charge in [0.15, 0.2) is 0 Å². The van der Waals surface area contributed by atoms with Crippen LogP contribution in [0, 0.1) is 17.1 Å². The Morgan fingerprint density at radius 2 is 2.32 bits per heavy atom. The molecule has 6 heteroatoms. The van der Waals surface area contributed by atoms with Gasteiger partial charge in [0.1, 0.15) is 28.2 Å². The third-order valence-corrected chi connectivity index (χ3v) is 3.11. The monoisotopic (exact) mass is 340 g/mol. The normalized spacial score (nSPS) is 11.2. The van der Waals surface area contributed by atoms with Crippen LogP contribution in [0.25, 0.3) is 0 Å². The lowest BCUT2D eigenvalue weighted by molar-refractivity contribution is 0.399. The molecular weight excluding hydrogens is 331 g/mol. The number of aliphatic hydroxyl groups excluding tert-OH is 1. The molecule has 0 aliphatic heterocycles. The fourth-order valence-corrected chi connectivity index (χ4v) is 1.98. The maximum atomic E-state index is 12.9. The summed E-state index contributed by atoms with van der Waals surface area (Å²) in [6.07, 6.45) is 1.61. The molecule has 1 aromatic carbocycles. The fraction of sp³-hybridized carbons (Fsp3) is 0.0769. The van der Waals surface area contributed by atoms with Crippen molar-refractivity contribution in [2.24, 2.45) is 0 Å². The molecule has 0 aliphatic carbocycles. The molecule has 1 aromatic rings. The second kappa shape index (κ2) is 7.02. The maximum absolute atomic E-state index is 12.9. The first-order valence-electron chi connectivity index (χ1n) is 5.19. The predicted octanol–water partition coefficient (Wildman–Crippen LogP) is 4.24. The van der Waals surface area contributed by atoms with Crippen LogP contribution >= 0.6 is 28.1 Å². The first-order chi connectivity index (χ1) is 8.99. The topological polar surface area (TPSA) is 56.0 Å². The average molecular weight is 341 g/mol. The molecule has 0 atom stereocenters. The highest BCUT2D eigenvalue weighted by Gasteiger charge is 2.12. The van der Waals surface area contributed by atoms with Crippen LogP contribution in [0.15, 0.2) is 46.7 Å². The summed E-state index contributed by atoms with van der Waals surface area (Å²) in [5, 5.41) is 21.4. The molecule has 0 aliphatic rings. The largest absolute Gasteiger partial charge is 0.510 e. The maximum Gasteiger partial charge on any atom is 0.125 e. The average Bonchev–Trinajstić information content (AvgIpc) is 2.34. The van der Waals surface area contributed by atoms with E-state index in [0.29, 0.717) is 10.2 Å². The van der Waals surface area contributed by atoms with E-state index in [-0.39, 0.29) is 22.7 Å². The van der Waals surface area contributed by atoms with Crippen molar-refractivity contribution in [3.8, 4) is 6.07 Å². The van der Waals surface area contributed by atoms with Gasteiger partial charge in [-0.25, -0.2) is 4.39 Å². The Kier molecular flexibility index (Phi) is 5.67. The predicted molar refractivity (Wildman–Crippen MR) is 80.4 cm³/mol. The standard InChI is InChI=1S/C13H10BrFN2OS/c1-2-3-12(18)9(7-16)13(19)17-11-5-4-8(15)6-10(11)14/h2,4-6,18H,1,3H2,(H,17,19). The number of allylic oxidation sites excluding steroid dienone is 1. The summed E-state index contributed by atoms with van der Waals surface area (Å²) >= 11 is 8.21. The highest BCUT2D eigenvalue weighted by atomic mass is 79.9. The first kappa shape index (κ1) is 15.3. The SMILES string of the molecule is C=CCC(O)=C(C#N)C(=S)Nc1ccc(F)cc1Br. The number of rotatable bonds is 4. The van der Waals surface area contributed by atoms with E-state index < -0.39 is 5.82 Å². The van der Waals surface area contributed by atoms with Gasteiger partial charge in [-0.1, -0.05) is 18.3 Å². The number of hydrogen-bond donors (Lipinski definition) is 2. The molecule has 2 N–H and O–H groups in total. The third-order valence-electron chi connectivity index (χ3n) is 2.14. The van der Waals surface area contributed by atoms with Crippen molar-refractivity contribution < 1.29 is 9.50 Å². The number of nitriles is 1. The number of nitrogens with zero attached hydrogens (tertiary/aromatic N) is 1. The van der Waals surface area contributed by atoms with Crippen LogP contribution in [0.2, 0.25) is 0 Å². The number of thiocarbonyl (C=S) groups is 1. The molecule has 0 spiro atoms. The van der Waals surface area contributed by atoms with E-state index in [4.69, 9.17) is 17.5 Å². The van der Waals surface area contributed by atoms with E-state index in [0.717, 1.165) is 0 Å². The van der Waals surface area contributed by atoms with Crippen molar-refractivity contribution in [1.82, 2.24) is 0 Å². The minimum Gasteiger partial charge on any atom is -0.510 e. The molecule has 0 saturated carbocycles. The van der Waals surface area contributed by atoms with Crippen LogP contribution in [0.3, 0.4) is 0 Å². The van der Waals surface area contributed by atoms with Crippen molar-refractivity contribution in [2.75, 3.05) is 5.32 Å². The molecular formula is C13H10BrFN2OS. The van der Waals surface area contributed by atoms with E-state index in [1.807, 2.05) is 6.07 Å². The number of nitrogens with one attached hydrogen (secondary N) is 1. The van der Waals surface area contributed by atoms with Gasteiger partial charge in [0, 0.05) is 10.9 Å². The number of hydrogen-bond acceptors (Lipinski definition) is 3. The molecule has 0 unspecified atom stereocenters. The molecule has 98 valence electrons. The molecule has 0 heterocycles. The lowest BCUT2D eigenvalue weighted by Crippen LogP contribution is -2.13. The minimum atomic E-state index is -0.395. The van der Waals surface area contributed by atoms with Crippen LogP contribution in [0.1, 0.15) is 6.42 Å². The second-order valence-corrected chi connectivity index (χ2v) is 4.77. The summed E-state index contributed by atoms with van der Waals surface area (Å²) in [5.41, 5.74) is 0.469. The summed E-state index contributed by atoms with van der Waals surface area (Å²) in [7, 11) is 0. The molecule has 0 radical (unpaired) electrons. The Hall–Kier alpha value is -1.71. The fourth-order valence-electron chi connectivity index (χ4n) is 1.26. The van der Waals surface area contributed by atoms with Crippen molar-refractivity contribution in [2.45, 2.75) is 6.42 Å². The van der Waals surface area contributed by atoms with Crippen LogP contribution in [0.5, 0.6) is 0 Å². The summed E-state index contributed by atoms with van der Waals surface area (Å²) in [6.45, 7) is 3.47. The number of aliphatic hydroxyl groups is 1. The van der Waals surface area contributed by atoms with Crippen LogP contribution in [-0.2, 0) is 0 Å². The van der Waals surface area contributed by atoms with Crippen LogP contribution in [-0.4, -0.2) is 10.1 Å². The number of halogens is 2. The Morgan fingerprint density at radius 3 is 2.84 bits per heavy atom. The number of anilines is 1. The summed E-state index contributed by atoms with van der Waals surface area (Å²) in [4.78, 5) is 0.0640. The van der Waals surface area contributed by atoms with Crippen molar-refractivity contribution in [3.63, 3.8) is 0 Å². The lowest BCUT2D eigenvalue weighted by atomic mass is 10.2. The van der Waals surface area contributed by atoms with Gasteiger partial charge in [-0.05, 0) is 34.1 Å². The molecule has 0 bridgehead atoms. The van der Waals surface area contributed by atoms with E-state index >= 15 is 0 Å². The van der Waals surface area contributed by atoms with Gasteiger partial charge in [0.05, 0.1) is 5.69 Å². The van der Waals surface area contributed by atoms with Gasteiger partial charge < -0.3 is 10.4 Å². The van der Waals surface area contributed by atoms with Crippen molar-refractivity contribution >= 4 is 38.8 Å². The Labute approximate surface area is 124 Å². The Balaban J connectivity index is 2.99. The van der Waals surface area contributed by atoms with Gasteiger partial charge >= 0.3 is 0 Å². The molecule has 1 rings (SSSR count). The molecule has 0 fully saturated rings. The Morgan fingerprint density at radius 1 is 1.63 bits per heavy atom. The first-order valence-corrected chi connectivity index (χ1v) is 6.39. The van der Waals surface area contributed by atoms with Crippen LogP contribution < -0.4 is 5.32 Å².